The highest BCUT2D eigenvalue weighted by Gasteiger charge is 2.19. The van der Waals surface area contributed by atoms with E-state index in [0.29, 0.717) is 18.0 Å². The fourth-order valence-electron chi connectivity index (χ4n) is 3.31. The molecule has 27 heavy (non-hydrogen) atoms. The maximum Gasteiger partial charge on any atom is 0.224 e. The van der Waals surface area contributed by atoms with Gasteiger partial charge in [-0.2, -0.15) is 0 Å². The molecule has 3 rings (SSSR count). The van der Waals surface area contributed by atoms with Crippen LogP contribution in [-0.4, -0.2) is 57.2 Å². The first kappa shape index (κ1) is 19.5. The number of nitrogens with zero attached hydrogens (tertiary/aromatic N) is 2. The second-order valence-electron chi connectivity index (χ2n) is 6.65. The molecular formula is C21H26ClN3O2. The minimum Gasteiger partial charge on any atom is -0.495 e. The number of hydrogen-bond donors (Lipinski definition) is 1. The smallest absolute Gasteiger partial charge is 0.224 e. The predicted molar refractivity (Wildman–Crippen MR) is 110 cm³/mol. The van der Waals surface area contributed by atoms with Crippen molar-refractivity contribution in [3.8, 4) is 5.75 Å². The van der Waals surface area contributed by atoms with Crippen LogP contribution < -0.4 is 15.0 Å². The van der Waals surface area contributed by atoms with Crippen molar-refractivity contribution in [2.24, 2.45) is 0 Å². The van der Waals surface area contributed by atoms with Crippen LogP contribution in [0.4, 0.5) is 5.69 Å². The van der Waals surface area contributed by atoms with E-state index in [1.807, 2.05) is 42.5 Å². The molecule has 2 aromatic carbocycles. The zero-order valence-electron chi connectivity index (χ0n) is 15.7. The quantitative estimate of drug-likeness (QED) is 0.793. The molecule has 0 aliphatic carbocycles. The van der Waals surface area contributed by atoms with Crippen LogP contribution in [0.25, 0.3) is 0 Å². The average molecular weight is 388 g/mol. The Morgan fingerprint density at radius 2 is 1.78 bits per heavy atom. The maximum absolute atomic E-state index is 12.1. The Morgan fingerprint density at radius 3 is 2.48 bits per heavy atom. The van der Waals surface area contributed by atoms with Gasteiger partial charge in [-0.25, -0.2) is 0 Å². The average Bonchev–Trinajstić information content (AvgIpc) is 2.70. The molecule has 0 spiro atoms. The highest BCUT2D eigenvalue weighted by Crippen LogP contribution is 2.28. The molecule has 1 heterocycles. The van der Waals surface area contributed by atoms with Gasteiger partial charge in [0.25, 0.3) is 0 Å². The molecule has 0 bridgehead atoms. The molecule has 144 valence electrons. The summed E-state index contributed by atoms with van der Waals surface area (Å²) in [4.78, 5) is 16.8. The second-order valence-corrected chi connectivity index (χ2v) is 7.09. The van der Waals surface area contributed by atoms with Crippen LogP contribution in [-0.2, 0) is 11.2 Å². The molecule has 0 radical (unpaired) electrons. The summed E-state index contributed by atoms with van der Waals surface area (Å²) in [5.41, 5.74) is 2.12. The third-order valence-corrected chi connectivity index (χ3v) is 5.08. The Kier molecular flexibility index (Phi) is 6.96. The number of methoxy groups -OCH3 is 1. The minimum absolute atomic E-state index is 0.0463. The van der Waals surface area contributed by atoms with Gasteiger partial charge < -0.3 is 15.0 Å². The van der Waals surface area contributed by atoms with Gasteiger partial charge in [0.1, 0.15) is 5.75 Å². The van der Waals surface area contributed by atoms with Crippen LogP contribution in [0.5, 0.6) is 5.75 Å². The Balaban J connectivity index is 1.38. The van der Waals surface area contributed by atoms with Crippen molar-refractivity contribution in [3.05, 3.63) is 59.1 Å². The number of ether oxygens (including phenoxy) is 1. The number of carbonyl (C=O) groups is 1. The topological polar surface area (TPSA) is 44.8 Å². The van der Waals surface area contributed by atoms with Crippen molar-refractivity contribution in [3.63, 3.8) is 0 Å². The summed E-state index contributed by atoms with van der Waals surface area (Å²) in [5.74, 6) is 0.963. The van der Waals surface area contributed by atoms with Crippen molar-refractivity contribution < 1.29 is 9.53 Å². The van der Waals surface area contributed by atoms with Crippen molar-refractivity contribution in [1.82, 2.24) is 10.2 Å². The molecule has 1 aliphatic heterocycles. The van der Waals surface area contributed by atoms with Crippen LogP contribution in [0.15, 0.2) is 48.5 Å². The predicted octanol–water partition coefficient (Wildman–Crippen LogP) is 2.83. The van der Waals surface area contributed by atoms with E-state index in [4.69, 9.17) is 16.3 Å². The Bertz CT molecular complexity index is 743. The Hall–Kier alpha value is -2.24. The second kappa shape index (κ2) is 9.62. The lowest BCUT2D eigenvalue weighted by Gasteiger charge is -2.36. The lowest BCUT2D eigenvalue weighted by atomic mass is 10.1. The number of hydrogen-bond acceptors (Lipinski definition) is 4. The van der Waals surface area contributed by atoms with Crippen LogP contribution in [0, 0.1) is 0 Å². The van der Waals surface area contributed by atoms with Gasteiger partial charge in [0.2, 0.25) is 5.91 Å². The molecular weight excluding hydrogens is 362 g/mol. The first-order valence-corrected chi connectivity index (χ1v) is 9.65. The monoisotopic (exact) mass is 387 g/mol. The van der Waals surface area contributed by atoms with Gasteiger partial charge in [-0.05, 0) is 29.8 Å². The van der Waals surface area contributed by atoms with Gasteiger partial charge in [0.05, 0.1) is 19.2 Å². The summed E-state index contributed by atoms with van der Waals surface area (Å²) >= 11 is 5.87. The van der Waals surface area contributed by atoms with Crippen LogP contribution >= 0.6 is 11.6 Å². The molecule has 1 aliphatic rings. The summed E-state index contributed by atoms with van der Waals surface area (Å²) in [6, 6.07) is 15.5. The number of halogens is 1. The fraction of sp³-hybridized carbons (Fsp3) is 0.381. The molecule has 0 unspecified atom stereocenters. The maximum atomic E-state index is 12.1. The van der Waals surface area contributed by atoms with Gasteiger partial charge in [-0.15, -0.1) is 0 Å². The van der Waals surface area contributed by atoms with E-state index in [1.165, 1.54) is 0 Å². The highest BCUT2D eigenvalue weighted by atomic mass is 35.5. The lowest BCUT2D eigenvalue weighted by Crippen LogP contribution is -2.48. The minimum atomic E-state index is 0.0463. The molecule has 5 nitrogen and oxygen atoms in total. The van der Waals surface area contributed by atoms with Crippen molar-refractivity contribution in [1.29, 1.82) is 0 Å². The number of benzene rings is 2. The lowest BCUT2D eigenvalue weighted by molar-refractivity contribution is -0.120. The summed E-state index contributed by atoms with van der Waals surface area (Å²) in [6.07, 6.45) is 0.388. The van der Waals surface area contributed by atoms with E-state index in [1.54, 1.807) is 7.11 Å². The number of carbonyl (C=O) groups excluding carboxylic acids is 1. The summed E-state index contributed by atoms with van der Waals surface area (Å²) in [6.45, 7) is 5.40. The largest absolute Gasteiger partial charge is 0.495 e. The first-order valence-electron chi connectivity index (χ1n) is 9.27. The normalized spacial score (nSPS) is 14.8. The summed E-state index contributed by atoms with van der Waals surface area (Å²) in [7, 11) is 1.71. The number of piperazine rings is 1. The molecule has 0 saturated carbocycles. The number of anilines is 1. The van der Waals surface area contributed by atoms with Gasteiger partial charge in [0.15, 0.2) is 0 Å². The molecule has 0 aromatic heterocycles. The van der Waals surface area contributed by atoms with Gasteiger partial charge in [0, 0.05) is 44.3 Å². The van der Waals surface area contributed by atoms with Gasteiger partial charge in [-0.1, -0.05) is 35.9 Å². The zero-order chi connectivity index (χ0) is 19.1. The molecule has 1 fully saturated rings. The third-order valence-electron chi connectivity index (χ3n) is 4.83. The van der Waals surface area contributed by atoms with Crippen LogP contribution in [0.2, 0.25) is 5.02 Å². The molecule has 1 N–H and O–H groups in total. The SMILES string of the molecule is COc1ccccc1N1CCN(CCNC(=O)Cc2ccc(Cl)cc2)CC1. The Labute approximate surface area is 165 Å². The van der Waals surface area contributed by atoms with E-state index >= 15 is 0 Å². The molecule has 6 heteroatoms. The van der Waals surface area contributed by atoms with E-state index in [9.17, 15) is 4.79 Å². The molecule has 1 amide bonds. The number of rotatable bonds is 7. The van der Waals surface area contributed by atoms with E-state index in [2.05, 4.69) is 21.2 Å². The molecule has 2 aromatic rings. The standard InChI is InChI=1S/C21H26ClN3O2/c1-27-20-5-3-2-4-19(20)25-14-12-24(13-15-25)11-10-23-21(26)16-17-6-8-18(22)9-7-17/h2-9H,10-16H2,1H3,(H,23,26). The Morgan fingerprint density at radius 1 is 1.07 bits per heavy atom. The van der Waals surface area contributed by atoms with Crippen molar-refractivity contribution in [2.75, 3.05) is 51.3 Å². The summed E-state index contributed by atoms with van der Waals surface area (Å²) < 4.78 is 5.46. The first-order chi connectivity index (χ1) is 13.2. The summed E-state index contributed by atoms with van der Waals surface area (Å²) in [5, 5.41) is 3.69. The fourth-order valence-corrected chi connectivity index (χ4v) is 3.43. The highest BCUT2D eigenvalue weighted by molar-refractivity contribution is 6.30. The van der Waals surface area contributed by atoms with Crippen molar-refractivity contribution in [2.45, 2.75) is 6.42 Å². The molecule has 0 atom stereocenters. The van der Waals surface area contributed by atoms with Crippen LogP contribution in [0.1, 0.15) is 5.56 Å². The zero-order valence-corrected chi connectivity index (χ0v) is 16.4. The van der Waals surface area contributed by atoms with Crippen LogP contribution in [0.3, 0.4) is 0 Å². The van der Waals surface area contributed by atoms with Gasteiger partial charge in [-0.3, -0.25) is 9.69 Å². The van der Waals surface area contributed by atoms with E-state index in [0.717, 1.165) is 49.7 Å². The number of amides is 1. The number of nitrogens with one attached hydrogen (secondary N) is 1. The van der Waals surface area contributed by atoms with Gasteiger partial charge >= 0.3 is 0 Å². The number of para-hydroxylation sites is 2. The van der Waals surface area contributed by atoms with Crippen molar-refractivity contribution >= 4 is 23.2 Å². The molecule has 1 saturated heterocycles. The third kappa shape index (κ3) is 5.62. The van der Waals surface area contributed by atoms with E-state index < -0.39 is 0 Å². The van der Waals surface area contributed by atoms with E-state index in [-0.39, 0.29) is 5.91 Å².